The van der Waals surface area contributed by atoms with Gasteiger partial charge in [-0.1, -0.05) is 36.4 Å². The molecule has 1 aliphatic heterocycles. The molecule has 28 heavy (non-hydrogen) atoms. The highest BCUT2D eigenvalue weighted by atomic mass is 16.6. The number of carbonyl (C=O) groups excluding carboxylic acids is 3. The second kappa shape index (κ2) is 7.94. The van der Waals surface area contributed by atoms with E-state index in [1.165, 1.54) is 13.0 Å². The van der Waals surface area contributed by atoms with E-state index >= 15 is 0 Å². The van der Waals surface area contributed by atoms with Crippen molar-refractivity contribution in [3.63, 3.8) is 0 Å². The van der Waals surface area contributed by atoms with E-state index in [0.29, 0.717) is 5.57 Å². The number of ketones is 1. The lowest BCUT2D eigenvalue weighted by atomic mass is 9.95. The van der Waals surface area contributed by atoms with E-state index in [1.807, 2.05) is 42.5 Å². The first-order chi connectivity index (χ1) is 13.4. The average molecular weight is 381 g/mol. The zero-order valence-corrected chi connectivity index (χ0v) is 16.2. The molecular weight excluding hydrogens is 358 g/mol. The summed E-state index contributed by atoms with van der Waals surface area (Å²) in [6, 6.07) is 13.0. The molecule has 2 aromatic rings. The largest absolute Gasteiger partial charge is 0.464 e. The summed E-state index contributed by atoms with van der Waals surface area (Å²) >= 11 is 0. The van der Waals surface area contributed by atoms with Crippen molar-refractivity contribution >= 4 is 28.5 Å². The molecule has 6 nitrogen and oxygen atoms in total. The van der Waals surface area contributed by atoms with Gasteiger partial charge in [0.15, 0.2) is 5.78 Å². The Morgan fingerprint density at radius 3 is 2.14 bits per heavy atom. The Kier molecular flexibility index (Phi) is 5.61. The highest BCUT2D eigenvalue weighted by molar-refractivity contribution is 6.11. The van der Waals surface area contributed by atoms with Crippen molar-refractivity contribution in [2.24, 2.45) is 0 Å². The summed E-state index contributed by atoms with van der Waals surface area (Å²) in [4.78, 5) is 37.7. The van der Waals surface area contributed by atoms with Gasteiger partial charge in [-0.3, -0.25) is 10.1 Å². The Morgan fingerprint density at radius 2 is 1.57 bits per heavy atom. The van der Waals surface area contributed by atoms with Crippen LogP contribution in [0, 0.1) is 0 Å². The number of carbonyl (C=O) groups is 3. The number of ether oxygens (including phenoxy) is 2. The van der Waals surface area contributed by atoms with Crippen LogP contribution < -0.4 is 5.32 Å². The van der Waals surface area contributed by atoms with Gasteiger partial charge >= 0.3 is 11.9 Å². The van der Waals surface area contributed by atoms with E-state index in [-0.39, 0.29) is 19.0 Å². The van der Waals surface area contributed by atoms with Crippen molar-refractivity contribution < 1.29 is 23.9 Å². The Balaban J connectivity index is 2.09. The molecule has 0 unspecified atom stereocenters. The molecule has 0 spiro atoms. The number of nitrogens with one attached hydrogen (secondary N) is 1. The first-order valence-electron chi connectivity index (χ1n) is 9.27. The van der Waals surface area contributed by atoms with Crippen LogP contribution in [-0.4, -0.2) is 36.5 Å². The van der Waals surface area contributed by atoms with Gasteiger partial charge in [-0.25, -0.2) is 9.59 Å². The molecule has 0 aromatic heterocycles. The van der Waals surface area contributed by atoms with Crippen molar-refractivity contribution in [2.45, 2.75) is 32.4 Å². The van der Waals surface area contributed by atoms with E-state index < -0.39 is 23.5 Å². The number of rotatable bonds is 6. The molecule has 1 aliphatic rings. The lowest BCUT2D eigenvalue weighted by Gasteiger charge is -2.26. The lowest BCUT2D eigenvalue weighted by Crippen LogP contribution is -2.56. The summed E-state index contributed by atoms with van der Waals surface area (Å²) in [5, 5.41) is 5.07. The van der Waals surface area contributed by atoms with Gasteiger partial charge in [0.25, 0.3) is 0 Å². The van der Waals surface area contributed by atoms with Crippen LogP contribution in [0.2, 0.25) is 0 Å². The van der Waals surface area contributed by atoms with E-state index in [2.05, 4.69) is 5.32 Å². The third-order valence-electron chi connectivity index (χ3n) is 4.76. The van der Waals surface area contributed by atoms with Crippen molar-refractivity contribution in [3.8, 4) is 0 Å². The van der Waals surface area contributed by atoms with Crippen molar-refractivity contribution in [3.05, 3.63) is 59.7 Å². The highest BCUT2D eigenvalue weighted by Crippen LogP contribution is 2.36. The Bertz CT molecular complexity index is 944. The van der Waals surface area contributed by atoms with Crippen molar-refractivity contribution in [1.29, 1.82) is 0 Å². The number of Topliss-reactive ketones (excluding diaryl/α,β-unsaturated/α-hetero) is 1. The van der Waals surface area contributed by atoms with Crippen LogP contribution in [0.1, 0.15) is 32.4 Å². The van der Waals surface area contributed by atoms with Gasteiger partial charge in [0.05, 0.1) is 19.3 Å². The minimum atomic E-state index is -1.84. The third kappa shape index (κ3) is 3.43. The van der Waals surface area contributed by atoms with Gasteiger partial charge in [-0.15, -0.1) is 0 Å². The summed E-state index contributed by atoms with van der Waals surface area (Å²) in [7, 11) is 0. The fourth-order valence-corrected chi connectivity index (χ4v) is 3.43. The first kappa shape index (κ1) is 19.8. The SMILES string of the molecule is CCOC(=O)C1(C(=O)OCC)C=C(C(C)=O)[C@@H](c2ccc3ccccc3c2)N1. The highest BCUT2D eigenvalue weighted by Gasteiger charge is 2.54. The molecule has 1 atom stereocenters. The molecule has 0 saturated heterocycles. The van der Waals surface area contributed by atoms with Crippen LogP contribution in [0.25, 0.3) is 10.8 Å². The summed E-state index contributed by atoms with van der Waals surface area (Å²) in [6.07, 6.45) is 1.35. The Labute approximate surface area is 163 Å². The minimum absolute atomic E-state index is 0.103. The molecule has 0 aliphatic carbocycles. The number of hydrogen-bond donors (Lipinski definition) is 1. The van der Waals surface area contributed by atoms with E-state index in [4.69, 9.17) is 9.47 Å². The molecule has 0 fully saturated rings. The van der Waals surface area contributed by atoms with Crippen LogP contribution in [-0.2, 0) is 23.9 Å². The standard InChI is InChI=1S/C22H23NO5/c1-4-27-20(25)22(21(26)28-5-2)13-18(14(3)24)19(23-22)17-11-10-15-8-6-7-9-16(15)12-17/h6-13,19,23H,4-5H2,1-3H3/t19-/m1/s1. The number of esters is 2. The molecule has 0 amide bonds. The van der Waals surface area contributed by atoms with Crippen LogP contribution in [0.5, 0.6) is 0 Å². The summed E-state index contributed by atoms with van der Waals surface area (Å²) in [5.74, 6) is -1.80. The van der Waals surface area contributed by atoms with Gasteiger partial charge in [-0.05, 0) is 49.2 Å². The number of hydrogen-bond acceptors (Lipinski definition) is 6. The Morgan fingerprint density at radius 1 is 0.964 bits per heavy atom. The summed E-state index contributed by atoms with van der Waals surface area (Å²) < 4.78 is 10.2. The average Bonchev–Trinajstić information content (AvgIpc) is 3.11. The van der Waals surface area contributed by atoms with Crippen molar-refractivity contribution in [1.82, 2.24) is 5.32 Å². The van der Waals surface area contributed by atoms with E-state index in [9.17, 15) is 14.4 Å². The van der Waals surface area contributed by atoms with Crippen LogP contribution in [0.15, 0.2) is 54.1 Å². The molecule has 2 aromatic carbocycles. The zero-order chi connectivity index (χ0) is 20.3. The van der Waals surface area contributed by atoms with Gasteiger partial charge in [-0.2, -0.15) is 0 Å². The number of benzene rings is 2. The van der Waals surface area contributed by atoms with Gasteiger partial charge < -0.3 is 9.47 Å². The summed E-state index contributed by atoms with van der Waals surface area (Å²) in [5.41, 5.74) is -0.740. The van der Waals surface area contributed by atoms with Gasteiger partial charge in [0.2, 0.25) is 5.54 Å². The molecule has 1 N–H and O–H groups in total. The Hall–Kier alpha value is -2.99. The van der Waals surface area contributed by atoms with E-state index in [1.54, 1.807) is 13.8 Å². The van der Waals surface area contributed by atoms with Crippen LogP contribution in [0.3, 0.4) is 0 Å². The molecule has 146 valence electrons. The maximum Gasteiger partial charge on any atom is 0.342 e. The minimum Gasteiger partial charge on any atom is -0.464 e. The molecule has 0 saturated carbocycles. The molecule has 3 rings (SSSR count). The fraction of sp³-hybridized carbons (Fsp3) is 0.318. The first-order valence-corrected chi connectivity index (χ1v) is 9.27. The zero-order valence-electron chi connectivity index (χ0n) is 16.2. The van der Waals surface area contributed by atoms with Crippen LogP contribution >= 0.6 is 0 Å². The molecular formula is C22H23NO5. The van der Waals surface area contributed by atoms with Crippen LogP contribution in [0.4, 0.5) is 0 Å². The summed E-state index contributed by atoms with van der Waals surface area (Å²) in [6.45, 7) is 4.93. The van der Waals surface area contributed by atoms with Gasteiger partial charge in [0.1, 0.15) is 0 Å². The predicted octanol–water partition coefficient (Wildman–Crippen LogP) is 2.86. The molecule has 6 heteroatoms. The normalized spacial score (nSPS) is 17.8. The fourth-order valence-electron chi connectivity index (χ4n) is 3.43. The quantitative estimate of drug-likeness (QED) is 0.612. The maximum atomic E-state index is 12.7. The lowest BCUT2D eigenvalue weighted by molar-refractivity contribution is -0.162. The second-order valence-corrected chi connectivity index (χ2v) is 6.59. The molecule has 1 heterocycles. The number of fused-ring (bicyclic) bond motifs is 1. The van der Waals surface area contributed by atoms with Crippen molar-refractivity contribution in [2.75, 3.05) is 13.2 Å². The third-order valence-corrected chi connectivity index (χ3v) is 4.76. The molecule has 0 radical (unpaired) electrons. The predicted molar refractivity (Wildman–Crippen MR) is 105 cm³/mol. The second-order valence-electron chi connectivity index (χ2n) is 6.59. The molecule has 0 bridgehead atoms. The van der Waals surface area contributed by atoms with Gasteiger partial charge in [0, 0.05) is 5.57 Å². The van der Waals surface area contributed by atoms with E-state index in [0.717, 1.165) is 16.3 Å². The monoisotopic (exact) mass is 381 g/mol. The smallest absolute Gasteiger partial charge is 0.342 e. The maximum absolute atomic E-state index is 12.7. The topological polar surface area (TPSA) is 81.7 Å².